The molecule has 2 aromatic rings. The molecule has 3 N–H and O–H groups in total. The summed E-state index contributed by atoms with van der Waals surface area (Å²) in [6.45, 7) is 3.75. The molecule has 0 heterocycles. The van der Waals surface area contributed by atoms with Gasteiger partial charge in [0.2, 0.25) is 5.91 Å². The maximum atomic E-state index is 12.3. The molecule has 0 aliphatic carbocycles. The van der Waals surface area contributed by atoms with E-state index < -0.39 is 12.0 Å². The molecule has 2 amide bonds. The van der Waals surface area contributed by atoms with Gasteiger partial charge in [-0.05, 0) is 54.7 Å². The van der Waals surface area contributed by atoms with Crippen LogP contribution in [0.4, 0.5) is 0 Å². The van der Waals surface area contributed by atoms with Crippen LogP contribution in [0.3, 0.4) is 0 Å². The zero-order chi connectivity index (χ0) is 20.0. The lowest BCUT2D eigenvalue weighted by Crippen LogP contribution is -2.34. The average molecular weight is 368 g/mol. The monoisotopic (exact) mass is 368 g/mol. The number of nitrogens with one attached hydrogen (secondary N) is 2. The van der Waals surface area contributed by atoms with Gasteiger partial charge in [0, 0.05) is 19.0 Å². The minimum absolute atomic E-state index is 0.131. The number of amides is 2. The van der Waals surface area contributed by atoms with Gasteiger partial charge in [0.15, 0.2) is 6.04 Å². The minimum atomic E-state index is -1.10. The topological polar surface area (TPSA) is 95.5 Å². The summed E-state index contributed by atoms with van der Waals surface area (Å²) in [6, 6.07) is 11.3. The zero-order valence-corrected chi connectivity index (χ0v) is 15.7. The maximum Gasteiger partial charge on any atom is 0.330 e. The Morgan fingerprint density at radius 2 is 1.78 bits per heavy atom. The Labute approximate surface area is 158 Å². The Morgan fingerprint density at radius 1 is 1.07 bits per heavy atom. The summed E-state index contributed by atoms with van der Waals surface area (Å²) in [5.74, 6) is -1.64. The largest absolute Gasteiger partial charge is 0.479 e. The van der Waals surface area contributed by atoms with Gasteiger partial charge in [-0.3, -0.25) is 9.59 Å². The molecule has 0 saturated carbocycles. The van der Waals surface area contributed by atoms with Crippen molar-refractivity contribution in [3.05, 3.63) is 70.3 Å². The normalized spacial score (nSPS) is 11.5. The minimum Gasteiger partial charge on any atom is -0.479 e. The fourth-order valence-corrected chi connectivity index (χ4v) is 2.86. The third-order valence-electron chi connectivity index (χ3n) is 4.57. The van der Waals surface area contributed by atoms with Gasteiger partial charge >= 0.3 is 5.97 Å². The first-order valence-corrected chi connectivity index (χ1v) is 8.72. The van der Waals surface area contributed by atoms with Crippen LogP contribution in [-0.4, -0.2) is 29.9 Å². The van der Waals surface area contributed by atoms with Gasteiger partial charge in [0.25, 0.3) is 5.91 Å². The van der Waals surface area contributed by atoms with Gasteiger partial charge < -0.3 is 15.7 Å². The molecule has 142 valence electrons. The Morgan fingerprint density at radius 3 is 2.44 bits per heavy atom. The highest BCUT2D eigenvalue weighted by Gasteiger charge is 2.24. The van der Waals surface area contributed by atoms with Crippen LogP contribution in [-0.2, 0) is 16.0 Å². The van der Waals surface area contributed by atoms with Crippen LogP contribution in [0, 0.1) is 13.8 Å². The van der Waals surface area contributed by atoms with E-state index in [0.29, 0.717) is 17.5 Å². The van der Waals surface area contributed by atoms with Gasteiger partial charge in [0.1, 0.15) is 0 Å². The predicted molar refractivity (Wildman–Crippen MR) is 103 cm³/mol. The summed E-state index contributed by atoms with van der Waals surface area (Å²) in [5, 5.41) is 14.7. The molecule has 27 heavy (non-hydrogen) atoms. The van der Waals surface area contributed by atoms with Crippen molar-refractivity contribution < 1.29 is 19.5 Å². The molecule has 0 aliphatic heterocycles. The Hall–Kier alpha value is -3.15. The van der Waals surface area contributed by atoms with Gasteiger partial charge in [-0.15, -0.1) is 0 Å². The molecular weight excluding hydrogens is 344 g/mol. The quantitative estimate of drug-likeness (QED) is 0.700. The molecule has 0 saturated heterocycles. The predicted octanol–water partition coefficient (Wildman–Crippen LogP) is 2.54. The summed E-state index contributed by atoms with van der Waals surface area (Å²) < 4.78 is 0. The number of aryl methyl sites for hydroxylation is 2. The van der Waals surface area contributed by atoms with Crippen LogP contribution in [0.25, 0.3) is 0 Å². The second kappa shape index (κ2) is 8.98. The Kier molecular flexibility index (Phi) is 6.71. The van der Waals surface area contributed by atoms with Gasteiger partial charge in [-0.2, -0.15) is 0 Å². The molecule has 0 radical (unpaired) electrons. The van der Waals surface area contributed by atoms with Crippen molar-refractivity contribution in [1.82, 2.24) is 10.6 Å². The fraction of sp³-hybridized carbons (Fsp3) is 0.286. The lowest BCUT2D eigenvalue weighted by molar-refractivity contribution is -0.142. The highest BCUT2D eigenvalue weighted by molar-refractivity contribution is 5.94. The molecule has 0 aromatic heterocycles. The number of carbonyl (C=O) groups excluding carboxylic acids is 2. The number of carboxylic acid groups (broad SMARTS) is 1. The van der Waals surface area contributed by atoms with E-state index in [0.717, 1.165) is 16.7 Å². The van der Waals surface area contributed by atoms with Crippen molar-refractivity contribution in [3.63, 3.8) is 0 Å². The van der Waals surface area contributed by atoms with E-state index in [1.807, 2.05) is 26.0 Å². The molecule has 1 unspecified atom stereocenters. The second-order valence-electron chi connectivity index (χ2n) is 6.41. The summed E-state index contributed by atoms with van der Waals surface area (Å²) in [6.07, 6.45) is 0.543. The first kappa shape index (κ1) is 20.2. The summed E-state index contributed by atoms with van der Waals surface area (Å²) in [5.41, 5.74) is 3.76. The first-order chi connectivity index (χ1) is 12.8. The van der Waals surface area contributed by atoms with E-state index in [2.05, 4.69) is 10.6 Å². The van der Waals surface area contributed by atoms with Crippen molar-refractivity contribution in [2.75, 3.05) is 7.05 Å². The summed E-state index contributed by atoms with van der Waals surface area (Å²) >= 11 is 0. The highest BCUT2D eigenvalue weighted by atomic mass is 16.4. The standard InChI is InChI=1S/C21H24N2O4/c1-13-6-4-9-17(14(13)2)19(21(26)27)23-18(24)11-10-15-7-5-8-16(12-15)20(25)22-3/h4-9,12,19H,10-11H2,1-3H3,(H,22,25)(H,23,24)(H,26,27). The van der Waals surface area contributed by atoms with Crippen molar-refractivity contribution in [2.45, 2.75) is 32.7 Å². The number of rotatable bonds is 7. The molecule has 0 aliphatic rings. The number of benzene rings is 2. The fourth-order valence-electron chi connectivity index (χ4n) is 2.86. The zero-order valence-electron chi connectivity index (χ0n) is 15.7. The van der Waals surface area contributed by atoms with Crippen molar-refractivity contribution in [3.8, 4) is 0 Å². The van der Waals surface area contributed by atoms with Gasteiger partial charge in [0.05, 0.1) is 0 Å². The highest BCUT2D eigenvalue weighted by Crippen LogP contribution is 2.21. The lowest BCUT2D eigenvalue weighted by Gasteiger charge is -2.18. The summed E-state index contributed by atoms with van der Waals surface area (Å²) in [7, 11) is 1.56. The van der Waals surface area contributed by atoms with Crippen LogP contribution in [0.2, 0.25) is 0 Å². The maximum absolute atomic E-state index is 12.3. The summed E-state index contributed by atoms with van der Waals surface area (Å²) in [4.78, 5) is 35.7. The van der Waals surface area contributed by atoms with Crippen molar-refractivity contribution in [2.24, 2.45) is 0 Å². The molecule has 0 spiro atoms. The number of aliphatic carboxylic acids is 1. The molecular formula is C21H24N2O4. The van der Waals surface area contributed by atoms with Crippen molar-refractivity contribution in [1.29, 1.82) is 0 Å². The van der Waals surface area contributed by atoms with Crippen LogP contribution >= 0.6 is 0 Å². The molecule has 1 atom stereocenters. The third kappa shape index (κ3) is 5.17. The Balaban J connectivity index is 2.06. The van der Waals surface area contributed by atoms with Crippen LogP contribution in [0.1, 0.15) is 45.1 Å². The number of hydrogen-bond acceptors (Lipinski definition) is 3. The molecule has 2 aromatic carbocycles. The second-order valence-corrected chi connectivity index (χ2v) is 6.41. The SMILES string of the molecule is CNC(=O)c1cccc(CCC(=O)NC(C(=O)O)c2cccc(C)c2C)c1. The van der Waals surface area contributed by atoms with E-state index >= 15 is 0 Å². The molecule has 0 fully saturated rings. The van der Waals surface area contributed by atoms with Gasteiger partial charge in [-0.25, -0.2) is 4.79 Å². The number of carboxylic acids is 1. The lowest BCUT2D eigenvalue weighted by atomic mass is 9.97. The molecule has 2 rings (SSSR count). The van der Waals surface area contributed by atoms with E-state index in [9.17, 15) is 19.5 Å². The molecule has 6 nitrogen and oxygen atoms in total. The Bertz CT molecular complexity index is 861. The third-order valence-corrected chi connectivity index (χ3v) is 4.57. The molecule has 6 heteroatoms. The number of carbonyl (C=O) groups is 3. The van der Waals surface area contributed by atoms with Crippen LogP contribution < -0.4 is 10.6 Å². The smallest absolute Gasteiger partial charge is 0.330 e. The van der Waals surface area contributed by atoms with Crippen LogP contribution in [0.5, 0.6) is 0 Å². The van der Waals surface area contributed by atoms with E-state index in [-0.39, 0.29) is 18.2 Å². The first-order valence-electron chi connectivity index (χ1n) is 8.72. The van der Waals surface area contributed by atoms with Crippen molar-refractivity contribution >= 4 is 17.8 Å². The van der Waals surface area contributed by atoms with E-state index in [4.69, 9.17) is 0 Å². The number of hydrogen-bond donors (Lipinski definition) is 3. The molecule has 0 bridgehead atoms. The van der Waals surface area contributed by atoms with E-state index in [1.54, 1.807) is 37.4 Å². The van der Waals surface area contributed by atoms with E-state index in [1.165, 1.54) is 0 Å². The van der Waals surface area contributed by atoms with Gasteiger partial charge in [-0.1, -0.05) is 30.3 Å². The average Bonchev–Trinajstić information content (AvgIpc) is 2.66. The van der Waals surface area contributed by atoms with Crippen LogP contribution in [0.15, 0.2) is 42.5 Å².